The molecule has 1 aromatic heterocycles. The first-order valence-corrected chi connectivity index (χ1v) is 8.25. The molecule has 1 atom stereocenters. The summed E-state index contributed by atoms with van der Waals surface area (Å²) in [5.74, 6) is 0.482. The fraction of sp³-hybridized carbons (Fsp3) is 0.222. The van der Waals surface area contributed by atoms with Crippen LogP contribution in [0.3, 0.4) is 0 Å². The van der Waals surface area contributed by atoms with Gasteiger partial charge in [-0.05, 0) is 50.1 Å². The summed E-state index contributed by atoms with van der Waals surface area (Å²) in [5, 5.41) is 3.43. The number of nitrogens with one attached hydrogen (secondary N) is 1. The minimum absolute atomic E-state index is 0.205. The van der Waals surface area contributed by atoms with Crippen LogP contribution in [0.2, 0.25) is 0 Å². The standard InChI is InChI=1S/C18H18N2O2S/c1-11-6-4-8-14(10-11)22-13(3)17(21)20-18-19-16-12(2)7-5-9-15(16)23-18/h4-10,13H,1-3H3,(H,19,20,21)/t13-/m0/s1. The summed E-state index contributed by atoms with van der Waals surface area (Å²) in [6.45, 7) is 5.73. The van der Waals surface area contributed by atoms with Gasteiger partial charge < -0.3 is 4.74 Å². The smallest absolute Gasteiger partial charge is 0.266 e. The number of hydrogen-bond acceptors (Lipinski definition) is 4. The Morgan fingerprint density at radius 3 is 2.74 bits per heavy atom. The number of benzene rings is 2. The van der Waals surface area contributed by atoms with Gasteiger partial charge in [0.2, 0.25) is 0 Å². The Hall–Kier alpha value is -2.40. The summed E-state index contributed by atoms with van der Waals surface area (Å²) in [4.78, 5) is 16.8. The fourth-order valence-electron chi connectivity index (χ4n) is 2.29. The van der Waals surface area contributed by atoms with Gasteiger partial charge in [0.1, 0.15) is 5.75 Å². The van der Waals surface area contributed by atoms with Crippen LogP contribution in [0.25, 0.3) is 10.2 Å². The lowest BCUT2D eigenvalue weighted by molar-refractivity contribution is -0.122. The predicted octanol–water partition coefficient (Wildman–Crippen LogP) is 4.32. The number of aryl methyl sites for hydroxylation is 2. The van der Waals surface area contributed by atoms with Crippen molar-refractivity contribution in [1.82, 2.24) is 4.98 Å². The van der Waals surface area contributed by atoms with Gasteiger partial charge in [-0.25, -0.2) is 4.98 Å². The van der Waals surface area contributed by atoms with E-state index in [1.54, 1.807) is 6.92 Å². The molecule has 4 nitrogen and oxygen atoms in total. The summed E-state index contributed by atoms with van der Waals surface area (Å²) >= 11 is 1.47. The van der Waals surface area contributed by atoms with E-state index < -0.39 is 6.10 Å². The summed E-state index contributed by atoms with van der Waals surface area (Å²) in [6.07, 6.45) is -0.593. The molecule has 0 aliphatic heterocycles. The van der Waals surface area contributed by atoms with E-state index in [0.29, 0.717) is 10.9 Å². The van der Waals surface area contributed by atoms with Crippen molar-refractivity contribution in [3.05, 3.63) is 53.6 Å². The molecular weight excluding hydrogens is 308 g/mol. The monoisotopic (exact) mass is 326 g/mol. The highest BCUT2D eigenvalue weighted by atomic mass is 32.1. The second kappa shape index (κ2) is 6.38. The average molecular weight is 326 g/mol. The van der Waals surface area contributed by atoms with Crippen LogP contribution in [0, 0.1) is 13.8 Å². The minimum Gasteiger partial charge on any atom is -0.481 e. The van der Waals surface area contributed by atoms with Gasteiger partial charge in [0, 0.05) is 0 Å². The largest absolute Gasteiger partial charge is 0.481 e. The highest BCUT2D eigenvalue weighted by Gasteiger charge is 2.17. The number of para-hydroxylation sites is 1. The number of thiazole rings is 1. The van der Waals surface area contributed by atoms with Gasteiger partial charge in [0.05, 0.1) is 10.2 Å². The average Bonchev–Trinajstić information content (AvgIpc) is 2.91. The van der Waals surface area contributed by atoms with Crippen molar-refractivity contribution in [2.75, 3.05) is 5.32 Å². The Morgan fingerprint density at radius 1 is 1.22 bits per heavy atom. The third-order valence-corrected chi connectivity index (χ3v) is 4.46. The van der Waals surface area contributed by atoms with Crippen LogP contribution in [-0.2, 0) is 4.79 Å². The Balaban J connectivity index is 1.71. The van der Waals surface area contributed by atoms with Crippen LogP contribution in [0.15, 0.2) is 42.5 Å². The van der Waals surface area contributed by atoms with E-state index in [1.165, 1.54) is 11.3 Å². The lowest BCUT2D eigenvalue weighted by Crippen LogP contribution is -2.30. The zero-order valence-electron chi connectivity index (χ0n) is 13.3. The SMILES string of the molecule is Cc1cccc(O[C@@H](C)C(=O)Nc2nc3c(C)cccc3s2)c1. The number of amides is 1. The highest BCUT2D eigenvalue weighted by Crippen LogP contribution is 2.28. The van der Waals surface area contributed by atoms with Gasteiger partial charge in [-0.1, -0.05) is 35.6 Å². The van der Waals surface area contributed by atoms with Crippen LogP contribution >= 0.6 is 11.3 Å². The molecule has 0 unspecified atom stereocenters. The summed E-state index contributed by atoms with van der Waals surface area (Å²) in [5.41, 5.74) is 3.13. The van der Waals surface area contributed by atoms with Crippen LogP contribution in [0.1, 0.15) is 18.1 Å². The Bertz CT molecular complexity index is 857. The number of rotatable bonds is 4. The molecule has 23 heavy (non-hydrogen) atoms. The molecule has 0 aliphatic carbocycles. The lowest BCUT2D eigenvalue weighted by Gasteiger charge is -2.13. The minimum atomic E-state index is -0.593. The highest BCUT2D eigenvalue weighted by molar-refractivity contribution is 7.22. The van der Waals surface area contributed by atoms with E-state index in [1.807, 2.05) is 56.3 Å². The number of anilines is 1. The first-order chi connectivity index (χ1) is 11.0. The number of hydrogen-bond donors (Lipinski definition) is 1. The van der Waals surface area contributed by atoms with E-state index in [4.69, 9.17) is 4.74 Å². The molecule has 0 radical (unpaired) electrons. The molecule has 1 N–H and O–H groups in total. The van der Waals surface area contributed by atoms with Gasteiger partial charge in [0.15, 0.2) is 11.2 Å². The lowest BCUT2D eigenvalue weighted by atomic mass is 10.2. The van der Waals surface area contributed by atoms with Gasteiger partial charge >= 0.3 is 0 Å². The quantitative estimate of drug-likeness (QED) is 0.777. The van der Waals surface area contributed by atoms with Crippen LogP contribution in [-0.4, -0.2) is 17.0 Å². The fourth-order valence-corrected chi connectivity index (χ4v) is 3.24. The van der Waals surface area contributed by atoms with Crippen LogP contribution in [0.5, 0.6) is 5.75 Å². The van der Waals surface area contributed by atoms with Gasteiger partial charge in [-0.3, -0.25) is 10.1 Å². The number of aromatic nitrogens is 1. The van der Waals surface area contributed by atoms with Crippen molar-refractivity contribution in [1.29, 1.82) is 0 Å². The third kappa shape index (κ3) is 3.51. The molecule has 2 aromatic carbocycles. The zero-order chi connectivity index (χ0) is 16.4. The first kappa shape index (κ1) is 15.5. The molecule has 0 fully saturated rings. The molecular formula is C18H18N2O2S. The van der Waals surface area contributed by atoms with Gasteiger partial charge in [-0.2, -0.15) is 0 Å². The molecule has 1 amide bonds. The second-order valence-corrected chi connectivity index (χ2v) is 6.54. The van der Waals surface area contributed by atoms with E-state index in [0.717, 1.165) is 21.3 Å². The molecule has 3 rings (SSSR count). The van der Waals surface area contributed by atoms with Crippen LogP contribution in [0.4, 0.5) is 5.13 Å². The normalized spacial score (nSPS) is 12.1. The summed E-state index contributed by atoms with van der Waals surface area (Å²) in [7, 11) is 0. The molecule has 3 aromatic rings. The maximum Gasteiger partial charge on any atom is 0.266 e. The van der Waals surface area contributed by atoms with Gasteiger partial charge in [0.25, 0.3) is 5.91 Å². The topological polar surface area (TPSA) is 51.2 Å². The number of carbonyl (C=O) groups excluding carboxylic acids is 1. The zero-order valence-corrected chi connectivity index (χ0v) is 14.1. The molecule has 0 saturated heterocycles. The predicted molar refractivity (Wildman–Crippen MR) is 94.3 cm³/mol. The Labute approximate surface area is 139 Å². The van der Waals surface area contributed by atoms with Crippen LogP contribution < -0.4 is 10.1 Å². The van der Waals surface area contributed by atoms with Crippen molar-refractivity contribution in [3.63, 3.8) is 0 Å². The number of fused-ring (bicyclic) bond motifs is 1. The number of ether oxygens (including phenoxy) is 1. The maximum absolute atomic E-state index is 12.3. The first-order valence-electron chi connectivity index (χ1n) is 7.43. The van der Waals surface area contributed by atoms with Crippen molar-refractivity contribution in [3.8, 4) is 5.75 Å². The van der Waals surface area contributed by atoms with Crippen molar-refractivity contribution >= 4 is 32.6 Å². The summed E-state index contributed by atoms with van der Waals surface area (Å²) in [6, 6.07) is 13.7. The molecule has 0 bridgehead atoms. The molecule has 0 saturated carbocycles. The molecule has 0 spiro atoms. The number of nitrogens with zero attached hydrogens (tertiary/aromatic N) is 1. The van der Waals surface area contributed by atoms with E-state index in [2.05, 4.69) is 10.3 Å². The van der Waals surface area contributed by atoms with Gasteiger partial charge in [-0.15, -0.1) is 0 Å². The molecule has 1 heterocycles. The maximum atomic E-state index is 12.3. The Kier molecular flexibility index (Phi) is 4.30. The molecule has 5 heteroatoms. The van der Waals surface area contributed by atoms with Crippen molar-refractivity contribution < 1.29 is 9.53 Å². The van der Waals surface area contributed by atoms with E-state index in [-0.39, 0.29) is 5.91 Å². The Morgan fingerprint density at radius 2 is 2.00 bits per heavy atom. The summed E-state index contributed by atoms with van der Waals surface area (Å²) < 4.78 is 6.75. The van der Waals surface area contributed by atoms with E-state index in [9.17, 15) is 4.79 Å². The molecule has 0 aliphatic rings. The third-order valence-electron chi connectivity index (χ3n) is 3.52. The van der Waals surface area contributed by atoms with Crippen molar-refractivity contribution in [2.24, 2.45) is 0 Å². The van der Waals surface area contributed by atoms with Crippen molar-refractivity contribution in [2.45, 2.75) is 26.9 Å². The molecule has 118 valence electrons. The van der Waals surface area contributed by atoms with E-state index >= 15 is 0 Å². The second-order valence-electron chi connectivity index (χ2n) is 5.51. The number of carbonyl (C=O) groups is 1.